The van der Waals surface area contributed by atoms with Gasteiger partial charge in [0.2, 0.25) is 29.5 Å². The Hall–Kier alpha value is -7.57. The summed E-state index contributed by atoms with van der Waals surface area (Å²) < 4.78 is 37.4. The van der Waals surface area contributed by atoms with Gasteiger partial charge in [0.15, 0.2) is 17.3 Å². The maximum atomic E-state index is 15.1. The Balaban J connectivity index is 1.51. The molecule has 7 amide bonds. The lowest BCUT2D eigenvalue weighted by Gasteiger charge is -2.41. The number of ketones is 4. The van der Waals surface area contributed by atoms with Gasteiger partial charge in [0, 0.05) is 95.9 Å². The summed E-state index contributed by atoms with van der Waals surface area (Å²) in [5, 5.41) is 5.64. The smallest absolute Gasteiger partial charge is 0.429 e. The number of amides is 7. The molecule has 0 aliphatic carbocycles. The van der Waals surface area contributed by atoms with E-state index in [4.69, 9.17) is 24.7 Å². The van der Waals surface area contributed by atoms with Crippen molar-refractivity contribution in [1.29, 1.82) is 0 Å². The van der Waals surface area contributed by atoms with E-state index in [2.05, 4.69) is 10.6 Å². The third-order valence-electron chi connectivity index (χ3n) is 18.9. The van der Waals surface area contributed by atoms with Gasteiger partial charge in [-0.15, -0.1) is 0 Å². The zero-order valence-corrected chi connectivity index (χ0v) is 59.7. The van der Waals surface area contributed by atoms with E-state index in [0.717, 1.165) is 17.0 Å². The van der Waals surface area contributed by atoms with Crippen LogP contribution in [0.5, 0.6) is 0 Å². The second-order valence-electron chi connectivity index (χ2n) is 27.5. The SMILES string of the molecule is CC[C@H](C)[C@@H]([C@@H](CC(=O)N1C[C@@H](OC(=O)OCc2ccc(CC(=O)[C@H](CCCCC(N)=O)NC(=O)[C@@H](CC(=O)CCCCCN3C(=O)C=CC3=O)C(C)C)cc2)C[C@H]1[C@H](OC)[C@@H](C)C(=O)N[C@@H](C)C(=O)c1ccc(F)cc1)OC)N(C)C(=O)[C@@H](CC(=O)[C@H](C(C)C)N(C)C)C(C)C. The average molecular weight is 1360 g/mol. The van der Waals surface area contributed by atoms with Crippen LogP contribution in [0.3, 0.4) is 0 Å². The number of imide groups is 1. The van der Waals surface area contributed by atoms with Gasteiger partial charge in [-0.25, -0.2) is 9.18 Å². The Labute approximate surface area is 572 Å². The van der Waals surface area contributed by atoms with Crippen LogP contribution in [0.15, 0.2) is 60.7 Å². The number of hydrogen-bond acceptors (Lipinski definition) is 17. The van der Waals surface area contributed by atoms with Crippen LogP contribution in [0, 0.1) is 47.2 Å². The van der Waals surface area contributed by atoms with Crippen LogP contribution in [0.1, 0.15) is 174 Å². The van der Waals surface area contributed by atoms with E-state index in [9.17, 15) is 57.1 Å². The third kappa shape index (κ3) is 24.7. The van der Waals surface area contributed by atoms with Crippen molar-refractivity contribution in [2.45, 2.75) is 214 Å². The van der Waals surface area contributed by atoms with Gasteiger partial charge in [0.05, 0.1) is 61.3 Å². The molecule has 23 nitrogen and oxygen atoms in total. The van der Waals surface area contributed by atoms with Crippen LogP contribution in [0.25, 0.3) is 0 Å². The van der Waals surface area contributed by atoms with E-state index in [1.165, 1.54) is 50.3 Å². The first-order valence-corrected chi connectivity index (χ1v) is 34.2. The highest BCUT2D eigenvalue weighted by atomic mass is 19.1. The summed E-state index contributed by atoms with van der Waals surface area (Å²) in [7, 11) is 8.19. The average Bonchev–Trinajstić information content (AvgIpc) is 1.69. The minimum absolute atomic E-state index is 0.00373. The Kier molecular flexibility index (Phi) is 33.5. The standard InChI is InChI=1S/C73H108FN7O16/c1-16-46(8)67(79(13)72(92)56(44(4)5)39-60(84)66(45(6)7)78(11)12)61(94-14)40-65(88)81-41-54(38-58(81)69(95-15)47(9)70(90)76-48(10)68(89)51-29-31-52(74)32-30-51)97-73(93)96-42-50-27-25-49(26-28-50)36-59(83)57(23-19-20-24-62(75)85)77-71(91)55(43(2)3)37-53(82)22-18-17-21-35-80-63(86)33-34-64(80)87/h25-34,43-48,54-58,61,66-67,69H,16-24,35-42H2,1-15H3,(H2,75,85)(H,76,90)(H,77,91)/t46-,47+,48-,54-,55-,56-,57-,58-,61+,66-,67-,69+/m0/s1. The van der Waals surface area contributed by atoms with Crippen molar-refractivity contribution in [3.05, 3.63) is 83.2 Å². The number of likely N-dealkylation sites (tertiary alicyclic amines) is 1. The molecule has 0 spiro atoms. The fourth-order valence-electron chi connectivity index (χ4n) is 13.1. The van der Waals surface area contributed by atoms with Gasteiger partial charge in [-0.05, 0) is 106 Å². The van der Waals surface area contributed by atoms with Crippen molar-refractivity contribution in [2.75, 3.05) is 48.5 Å². The molecule has 4 N–H and O–H groups in total. The predicted octanol–water partition coefficient (Wildman–Crippen LogP) is 7.94. The van der Waals surface area contributed by atoms with Gasteiger partial charge in [0.25, 0.3) is 11.8 Å². The van der Waals surface area contributed by atoms with Gasteiger partial charge in [-0.2, -0.15) is 0 Å². The molecule has 97 heavy (non-hydrogen) atoms. The first-order chi connectivity index (χ1) is 45.7. The second-order valence-corrected chi connectivity index (χ2v) is 27.5. The summed E-state index contributed by atoms with van der Waals surface area (Å²) in [6.07, 6.45) is 1.63. The summed E-state index contributed by atoms with van der Waals surface area (Å²) in [6, 6.07) is 7.66. The fourth-order valence-corrected chi connectivity index (χ4v) is 13.1. The number of halogens is 1. The van der Waals surface area contributed by atoms with E-state index in [0.29, 0.717) is 49.7 Å². The number of carbonyl (C=O) groups excluding carboxylic acids is 12. The first kappa shape index (κ1) is 81.9. The summed E-state index contributed by atoms with van der Waals surface area (Å²) in [5.74, 6) is -7.54. The molecule has 24 heteroatoms. The van der Waals surface area contributed by atoms with Gasteiger partial charge in [0.1, 0.15) is 24.3 Å². The summed E-state index contributed by atoms with van der Waals surface area (Å²) in [6.45, 7) is 18.2. The molecular formula is C73H108FN7O16. The Morgan fingerprint density at radius 2 is 1.30 bits per heavy atom. The molecule has 0 unspecified atom stereocenters. The van der Waals surface area contributed by atoms with Crippen LogP contribution in [-0.4, -0.2) is 187 Å². The predicted molar refractivity (Wildman–Crippen MR) is 362 cm³/mol. The highest BCUT2D eigenvalue weighted by Crippen LogP contribution is 2.33. The van der Waals surface area contributed by atoms with Crippen LogP contribution in [0.4, 0.5) is 9.18 Å². The fraction of sp³-hybridized carbons (Fsp3) is 0.644. The van der Waals surface area contributed by atoms with Crippen molar-refractivity contribution in [3.63, 3.8) is 0 Å². The molecule has 2 aliphatic heterocycles. The Morgan fingerprint density at radius 1 is 0.691 bits per heavy atom. The summed E-state index contributed by atoms with van der Waals surface area (Å²) in [4.78, 5) is 167. The highest BCUT2D eigenvalue weighted by molar-refractivity contribution is 6.12. The lowest BCUT2D eigenvalue weighted by molar-refractivity contribution is -0.149. The van der Waals surface area contributed by atoms with Crippen molar-refractivity contribution in [2.24, 2.45) is 47.2 Å². The van der Waals surface area contributed by atoms with E-state index >= 15 is 4.79 Å². The number of rotatable bonds is 43. The van der Waals surface area contributed by atoms with E-state index in [-0.39, 0.29) is 135 Å². The molecular weight excluding hydrogens is 1250 g/mol. The van der Waals surface area contributed by atoms with Crippen molar-refractivity contribution in [3.8, 4) is 0 Å². The molecule has 1 saturated heterocycles. The normalized spacial score (nSPS) is 17.9. The molecule has 2 aliphatic rings. The quantitative estimate of drug-likeness (QED) is 0.0245. The van der Waals surface area contributed by atoms with Crippen LogP contribution >= 0.6 is 0 Å². The Bertz CT molecular complexity index is 3020. The van der Waals surface area contributed by atoms with E-state index in [1.54, 1.807) is 43.1 Å². The van der Waals surface area contributed by atoms with Crippen LogP contribution < -0.4 is 16.4 Å². The van der Waals surface area contributed by atoms with Crippen molar-refractivity contribution < 1.29 is 80.9 Å². The largest absolute Gasteiger partial charge is 0.508 e. The number of carbonyl (C=O) groups is 12. The van der Waals surface area contributed by atoms with Gasteiger partial charge < -0.3 is 45.1 Å². The third-order valence-corrected chi connectivity index (χ3v) is 18.9. The van der Waals surface area contributed by atoms with Gasteiger partial charge in [-0.3, -0.25) is 62.5 Å². The molecule has 0 bridgehead atoms. The molecule has 538 valence electrons. The molecule has 0 saturated carbocycles. The molecule has 1 fully saturated rings. The molecule has 2 aromatic rings. The maximum Gasteiger partial charge on any atom is 0.508 e. The molecule has 12 atom stereocenters. The zero-order chi connectivity index (χ0) is 72.5. The van der Waals surface area contributed by atoms with Crippen LogP contribution in [0.2, 0.25) is 0 Å². The number of primary amides is 1. The minimum Gasteiger partial charge on any atom is -0.429 e. The molecule has 2 heterocycles. The molecule has 2 aromatic carbocycles. The number of hydrogen-bond donors (Lipinski definition) is 3. The molecule has 0 aromatic heterocycles. The van der Waals surface area contributed by atoms with Crippen molar-refractivity contribution in [1.82, 2.24) is 30.2 Å². The van der Waals surface area contributed by atoms with Crippen LogP contribution in [-0.2, 0) is 79.9 Å². The zero-order valence-electron chi connectivity index (χ0n) is 59.7. The second kappa shape index (κ2) is 39.7. The summed E-state index contributed by atoms with van der Waals surface area (Å²) >= 11 is 0. The topological polar surface area (TPSA) is 305 Å². The highest BCUT2D eigenvalue weighted by Gasteiger charge is 2.47. The van der Waals surface area contributed by atoms with Gasteiger partial charge in [-0.1, -0.05) is 106 Å². The lowest BCUT2D eigenvalue weighted by Crippen LogP contribution is -2.54. The number of nitrogens with zero attached hydrogens (tertiary/aromatic N) is 4. The minimum atomic E-state index is -1.07. The lowest BCUT2D eigenvalue weighted by atomic mass is 9.83. The maximum absolute atomic E-state index is 15.1. The molecule has 4 rings (SSSR count). The van der Waals surface area contributed by atoms with Crippen molar-refractivity contribution >= 4 is 70.6 Å². The first-order valence-electron chi connectivity index (χ1n) is 34.2. The number of nitrogens with two attached hydrogens (primary N) is 1. The monoisotopic (exact) mass is 1360 g/mol. The number of unbranched alkanes of at least 4 members (excludes halogenated alkanes) is 3. The van der Waals surface area contributed by atoms with E-state index in [1.807, 2.05) is 74.4 Å². The number of likely N-dealkylation sites (N-methyl/N-ethyl adjacent to an activating group) is 2. The number of methoxy groups -OCH3 is 2. The number of nitrogens with one attached hydrogen (secondary N) is 2. The summed E-state index contributed by atoms with van der Waals surface area (Å²) in [5.41, 5.74) is 6.67. The number of Topliss-reactive ketones (excluding diaryl/α,β-unsaturated/α-hetero) is 4. The molecule has 0 radical (unpaired) electrons. The number of benzene rings is 2. The van der Waals surface area contributed by atoms with E-state index < -0.39 is 108 Å². The Morgan fingerprint density at radius 3 is 1.86 bits per heavy atom. The van der Waals surface area contributed by atoms with Gasteiger partial charge >= 0.3 is 6.16 Å². The number of ether oxygens (including phenoxy) is 4.